The number of nitrogens with zero attached hydrogens (tertiary/aromatic N) is 4. The molecule has 2 aromatic rings. The van der Waals surface area contributed by atoms with Gasteiger partial charge in [-0.3, -0.25) is 14.9 Å². The fourth-order valence-corrected chi connectivity index (χ4v) is 4.11. The molecule has 1 N–H and O–H groups in total. The average molecular weight is 409 g/mol. The first-order valence-electron chi connectivity index (χ1n) is 9.64. The van der Waals surface area contributed by atoms with Gasteiger partial charge in [0.2, 0.25) is 11.9 Å². The molecule has 2 heterocycles. The molecule has 1 aromatic heterocycles. The number of carbonyl (C=O) groups excluding carboxylic acids is 2. The molecule has 7 nitrogen and oxygen atoms in total. The van der Waals surface area contributed by atoms with Crippen molar-refractivity contribution in [2.24, 2.45) is 0 Å². The lowest BCUT2D eigenvalue weighted by Crippen LogP contribution is -2.47. The molecule has 2 amide bonds. The molecule has 1 spiro atoms. The first-order chi connectivity index (χ1) is 14.3. The lowest BCUT2D eigenvalue weighted by Gasteiger charge is -2.34. The van der Waals surface area contributed by atoms with Crippen molar-refractivity contribution in [1.29, 1.82) is 5.26 Å². The van der Waals surface area contributed by atoms with E-state index in [9.17, 15) is 18.4 Å². The van der Waals surface area contributed by atoms with Crippen LogP contribution in [0, 0.1) is 11.3 Å². The monoisotopic (exact) mass is 409 g/mol. The van der Waals surface area contributed by atoms with E-state index < -0.39 is 23.2 Å². The van der Waals surface area contributed by atoms with E-state index in [4.69, 9.17) is 5.26 Å². The van der Waals surface area contributed by atoms with Crippen molar-refractivity contribution in [2.75, 3.05) is 18.4 Å². The van der Waals surface area contributed by atoms with Gasteiger partial charge in [0.25, 0.3) is 5.91 Å². The van der Waals surface area contributed by atoms with Crippen LogP contribution in [0.3, 0.4) is 0 Å². The van der Waals surface area contributed by atoms with Crippen LogP contribution in [0.2, 0.25) is 0 Å². The third-order valence-electron chi connectivity index (χ3n) is 6.10. The molecule has 2 aliphatic carbocycles. The Morgan fingerprint density at radius 3 is 2.63 bits per heavy atom. The number of nitriles is 1. The van der Waals surface area contributed by atoms with Gasteiger partial charge in [-0.25, -0.2) is 18.7 Å². The number of carbonyl (C=O) groups is 2. The molecule has 2 saturated carbocycles. The van der Waals surface area contributed by atoms with Crippen LogP contribution in [-0.2, 0) is 15.9 Å². The highest BCUT2D eigenvalue weighted by atomic mass is 19.1. The molecule has 3 aliphatic rings. The number of aromatic nitrogens is 2. The minimum Gasteiger partial charge on any atom is -0.328 e. The van der Waals surface area contributed by atoms with Crippen LogP contribution in [-0.4, -0.2) is 45.9 Å². The molecule has 2 atom stereocenters. The van der Waals surface area contributed by atoms with Gasteiger partial charge in [-0.1, -0.05) is 12.1 Å². The zero-order chi connectivity index (χ0) is 21.1. The van der Waals surface area contributed by atoms with E-state index in [1.165, 1.54) is 17.3 Å². The van der Waals surface area contributed by atoms with Crippen molar-refractivity contribution >= 4 is 17.8 Å². The van der Waals surface area contributed by atoms with Gasteiger partial charge in [0.15, 0.2) is 0 Å². The van der Waals surface area contributed by atoms with E-state index in [-0.39, 0.29) is 36.9 Å². The van der Waals surface area contributed by atoms with Gasteiger partial charge < -0.3 is 4.90 Å². The summed E-state index contributed by atoms with van der Waals surface area (Å²) in [4.78, 5) is 34.4. The first kappa shape index (κ1) is 18.6. The highest BCUT2D eigenvalue weighted by Gasteiger charge is 2.61. The second kappa shape index (κ2) is 6.29. The van der Waals surface area contributed by atoms with Crippen molar-refractivity contribution in [1.82, 2.24) is 14.9 Å². The SMILES string of the molecule is N#Cc1cnc(NC(=O)CN2C[C@@]3(C[C@H]3F)c3cc(C4(F)CC4)ccc3C2=O)nc1. The van der Waals surface area contributed by atoms with Gasteiger partial charge in [-0.05, 0) is 36.5 Å². The Morgan fingerprint density at radius 2 is 2.03 bits per heavy atom. The predicted molar refractivity (Wildman–Crippen MR) is 101 cm³/mol. The smallest absolute Gasteiger partial charge is 0.254 e. The number of halogens is 2. The maximum atomic E-state index is 14.5. The van der Waals surface area contributed by atoms with E-state index >= 15 is 0 Å². The maximum Gasteiger partial charge on any atom is 0.254 e. The number of amides is 2. The Balaban J connectivity index is 1.37. The molecule has 9 heteroatoms. The molecule has 30 heavy (non-hydrogen) atoms. The average Bonchev–Trinajstić information content (AvgIpc) is 3.64. The quantitative estimate of drug-likeness (QED) is 0.836. The number of benzene rings is 1. The van der Waals surface area contributed by atoms with Crippen LogP contribution in [0.5, 0.6) is 0 Å². The zero-order valence-electron chi connectivity index (χ0n) is 15.9. The largest absolute Gasteiger partial charge is 0.328 e. The third kappa shape index (κ3) is 2.91. The number of alkyl halides is 2. The van der Waals surface area contributed by atoms with Crippen LogP contribution in [0.25, 0.3) is 0 Å². The predicted octanol–water partition coefficient (Wildman–Crippen LogP) is 2.38. The highest BCUT2D eigenvalue weighted by molar-refractivity contribution is 6.01. The molecule has 0 radical (unpaired) electrons. The van der Waals surface area contributed by atoms with E-state index in [2.05, 4.69) is 15.3 Å². The fourth-order valence-electron chi connectivity index (χ4n) is 4.11. The molecule has 152 valence electrons. The topological polar surface area (TPSA) is 99.0 Å². The molecule has 0 unspecified atom stereocenters. The minimum absolute atomic E-state index is 0.00989. The Hall–Kier alpha value is -3.41. The summed E-state index contributed by atoms with van der Waals surface area (Å²) in [6, 6.07) is 6.65. The Bertz CT molecular complexity index is 1110. The number of fused-ring (bicyclic) bond motifs is 2. The van der Waals surface area contributed by atoms with Crippen LogP contribution >= 0.6 is 0 Å². The lowest BCUT2D eigenvalue weighted by molar-refractivity contribution is -0.117. The zero-order valence-corrected chi connectivity index (χ0v) is 15.9. The van der Waals surface area contributed by atoms with Crippen molar-refractivity contribution in [2.45, 2.75) is 36.5 Å². The lowest BCUT2D eigenvalue weighted by atomic mass is 9.84. The van der Waals surface area contributed by atoms with Crippen molar-refractivity contribution < 1.29 is 18.4 Å². The van der Waals surface area contributed by atoms with Gasteiger partial charge in [0, 0.05) is 17.5 Å². The van der Waals surface area contributed by atoms with Gasteiger partial charge in [-0.15, -0.1) is 0 Å². The first-order valence-corrected chi connectivity index (χ1v) is 9.64. The van der Waals surface area contributed by atoms with Gasteiger partial charge in [0.05, 0.1) is 18.0 Å². The van der Waals surface area contributed by atoms with Crippen LogP contribution in [0.15, 0.2) is 30.6 Å². The molecular formula is C21H17F2N5O2. The van der Waals surface area contributed by atoms with Crippen molar-refractivity contribution in [3.63, 3.8) is 0 Å². The molecule has 5 rings (SSSR count). The highest BCUT2D eigenvalue weighted by Crippen LogP contribution is 2.57. The minimum atomic E-state index is -1.36. The summed E-state index contributed by atoms with van der Waals surface area (Å²) >= 11 is 0. The number of hydrogen-bond donors (Lipinski definition) is 1. The fraction of sp³-hybridized carbons (Fsp3) is 0.381. The molecular weight excluding hydrogens is 392 g/mol. The molecule has 1 aliphatic heterocycles. The maximum absolute atomic E-state index is 14.5. The second-order valence-corrected chi connectivity index (χ2v) is 8.17. The van der Waals surface area contributed by atoms with Gasteiger partial charge in [-0.2, -0.15) is 5.26 Å². The van der Waals surface area contributed by atoms with E-state index in [1.807, 2.05) is 6.07 Å². The number of nitrogens with one attached hydrogen (secondary N) is 1. The number of anilines is 1. The van der Waals surface area contributed by atoms with E-state index in [0.29, 0.717) is 29.5 Å². The van der Waals surface area contributed by atoms with Crippen LogP contribution < -0.4 is 5.32 Å². The van der Waals surface area contributed by atoms with Crippen LogP contribution in [0.1, 0.15) is 46.3 Å². The third-order valence-corrected chi connectivity index (χ3v) is 6.10. The Kier molecular flexibility index (Phi) is 3.90. The normalized spacial score (nSPS) is 25.4. The summed E-state index contributed by atoms with van der Waals surface area (Å²) in [6.45, 7) is -0.227. The summed E-state index contributed by atoms with van der Waals surface area (Å²) in [5.41, 5.74) is -0.628. The summed E-state index contributed by atoms with van der Waals surface area (Å²) in [5, 5.41) is 11.2. The summed E-state index contributed by atoms with van der Waals surface area (Å²) in [6.07, 6.45) is 2.53. The van der Waals surface area contributed by atoms with Gasteiger partial charge in [0.1, 0.15) is 24.5 Å². The molecule has 1 aromatic carbocycles. The number of rotatable bonds is 4. The van der Waals surface area contributed by atoms with Crippen molar-refractivity contribution in [3.05, 3.63) is 52.8 Å². The van der Waals surface area contributed by atoms with E-state index in [1.54, 1.807) is 18.2 Å². The van der Waals surface area contributed by atoms with E-state index in [0.717, 1.165) is 0 Å². The summed E-state index contributed by atoms with van der Waals surface area (Å²) < 4.78 is 29.0. The van der Waals surface area contributed by atoms with Gasteiger partial charge >= 0.3 is 0 Å². The molecule has 2 fully saturated rings. The summed E-state index contributed by atoms with van der Waals surface area (Å²) in [5.74, 6) is -0.906. The molecule has 0 saturated heterocycles. The Labute approximate surface area is 170 Å². The Morgan fingerprint density at radius 1 is 1.33 bits per heavy atom. The second-order valence-electron chi connectivity index (χ2n) is 8.17. The summed E-state index contributed by atoms with van der Waals surface area (Å²) in [7, 11) is 0. The molecule has 0 bridgehead atoms. The van der Waals surface area contributed by atoms with Crippen molar-refractivity contribution in [3.8, 4) is 6.07 Å². The van der Waals surface area contributed by atoms with Crippen LogP contribution in [0.4, 0.5) is 14.7 Å². The standard InChI is InChI=1S/C21H17F2N5O2/c22-16-6-20(16)11-28(10-17(29)27-19-25-8-12(7-24)9-26-19)18(30)14-2-1-13(5-15(14)20)21(23)3-4-21/h1-2,5,8-9,16H,3-4,6,10-11H2,(H,25,26,27,29)/t16-,20+/m1/s1. The number of hydrogen-bond acceptors (Lipinski definition) is 5.